The largest absolute Gasteiger partial charge is 0.462 e. The van der Waals surface area contributed by atoms with E-state index in [1.807, 2.05) is 18.8 Å². The van der Waals surface area contributed by atoms with Crippen molar-refractivity contribution in [2.24, 2.45) is 5.73 Å². The topological polar surface area (TPSA) is 318 Å². The van der Waals surface area contributed by atoms with Gasteiger partial charge in [-0.1, -0.05) is 46.9 Å². The third-order valence-electron chi connectivity index (χ3n) is 9.84. The molecule has 0 radical (unpaired) electrons. The van der Waals surface area contributed by atoms with E-state index in [1.165, 1.54) is 60.5 Å². The summed E-state index contributed by atoms with van der Waals surface area (Å²) in [6, 6.07) is -0.801. The molecule has 7 heterocycles. The lowest BCUT2D eigenvalue weighted by Gasteiger charge is -2.25. The first-order valence-corrected chi connectivity index (χ1v) is 26.0. The highest BCUT2D eigenvalue weighted by molar-refractivity contribution is 7.98. The normalized spacial score (nSPS) is 23.9. The molecule has 70 heavy (non-hydrogen) atoms. The Balaban J connectivity index is 0.000000455. The molecule has 22 nitrogen and oxygen atoms in total. The third-order valence-corrected chi connectivity index (χ3v) is 11.8. The first kappa shape index (κ1) is 65.0. The van der Waals surface area contributed by atoms with E-state index >= 15 is 0 Å². The van der Waals surface area contributed by atoms with Crippen molar-refractivity contribution in [3.05, 3.63) is 40.4 Å². The van der Waals surface area contributed by atoms with Gasteiger partial charge in [0, 0.05) is 44.0 Å². The molecule has 0 amide bonds. The number of rotatable bonds is 12. The smallest absolute Gasteiger partial charge is 0.343 e. The Labute approximate surface area is 433 Å². The van der Waals surface area contributed by atoms with Crippen molar-refractivity contribution in [1.82, 2.24) is 29.9 Å². The van der Waals surface area contributed by atoms with E-state index < -0.39 is 28.7 Å². The highest BCUT2D eigenvalue weighted by Crippen LogP contribution is 2.27. The second-order valence-electron chi connectivity index (χ2n) is 15.8. The van der Waals surface area contributed by atoms with Crippen molar-refractivity contribution >= 4 is 82.9 Å². The van der Waals surface area contributed by atoms with Gasteiger partial charge in [0.1, 0.15) is 44.7 Å². The summed E-state index contributed by atoms with van der Waals surface area (Å²) in [5, 5.41) is 54.4. The molecule has 0 saturated carbocycles. The minimum Gasteiger partial charge on any atom is -0.462 e. The van der Waals surface area contributed by atoms with E-state index in [4.69, 9.17) is 50.9 Å². The van der Waals surface area contributed by atoms with Crippen LogP contribution in [-0.2, 0) is 35.0 Å². The number of carbonyl (C=O) groups is 2. The van der Waals surface area contributed by atoms with Crippen LogP contribution in [0, 0.1) is 0 Å². The molecule has 0 aliphatic carbocycles. The molecule has 3 aromatic rings. The van der Waals surface area contributed by atoms with Crippen LogP contribution in [0.4, 0.5) is 11.6 Å². The van der Waals surface area contributed by atoms with Gasteiger partial charge in [0.15, 0.2) is 15.5 Å². The van der Waals surface area contributed by atoms with Gasteiger partial charge in [0.05, 0.1) is 77.6 Å². The number of nitrogens with two attached hydrogens (primary N) is 1. The average molecular weight is 1090 g/mol. The molecule has 398 valence electrons. The quantitative estimate of drug-likeness (QED) is 0.0557. The Bertz CT molecular complexity index is 1990. The first-order valence-electron chi connectivity index (χ1n) is 22.0. The van der Waals surface area contributed by atoms with Crippen LogP contribution in [0.3, 0.4) is 0 Å². The summed E-state index contributed by atoms with van der Waals surface area (Å²) in [5.41, 5.74) is 3.75. The number of hydrogen-bond acceptors (Lipinski definition) is 25. The SMILES string of the molecule is C1CCOC1.CCO.CCOC(=O)c1cnc(SC)nc1Cl.CCOC(=O)c1cnc(SC)nc1N[C@@H]1COC[C@@]1(C)O.CSc1ncc(CO)c(N[C@@H]2COC[C@@]2(C)O)n1.C[C@@]1(O)COC[C@H]1N.Cl. The highest BCUT2D eigenvalue weighted by atomic mass is 35.5. The molecule has 6 atom stereocenters. The summed E-state index contributed by atoms with van der Waals surface area (Å²) in [4.78, 5) is 47.9. The Morgan fingerprint density at radius 2 is 1.11 bits per heavy atom. The van der Waals surface area contributed by atoms with Gasteiger partial charge in [-0.2, -0.15) is 0 Å². The molecule has 0 bridgehead atoms. The number of ether oxygens (including phenoxy) is 6. The fraction of sp³-hybridized carbons (Fsp3) is 0.674. The summed E-state index contributed by atoms with van der Waals surface area (Å²) < 4.78 is 30.1. The number of aliphatic hydroxyl groups excluding tert-OH is 2. The zero-order valence-corrected chi connectivity index (χ0v) is 45.2. The van der Waals surface area contributed by atoms with E-state index in [-0.39, 0.29) is 73.2 Å². The van der Waals surface area contributed by atoms with Gasteiger partial charge in [-0.25, -0.2) is 39.5 Å². The zero-order chi connectivity index (χ0) is 51.6. The van der Waals surface area contributed by atoms with E-state index in [0.717, 1.165) is 13.2 Å². The number of nitrogens with one attached hydrogen (secondary N) is 2. The lowest BCUT2D eigenvalue weighted by molar-refractivity contribution is 0.0360. The number of esters is 2. The molecular weight excluding hydrogens is 1020 g/mol. The van der Waals surface area contributed by atoms with Crippen molar-refractivity contribution < 1.29 is 63.5 Å². The van der Waals surface area contributed by atoms with Gasteiger partial charge in [-0.3, -0.25) is 0 Å². The highest BCUT2D eigenvalue weighted by Gasteiger charge is 2.40. The van der Waals surface area contributed by atoms with Crippen LogP contribution in [-0.4, -0.2) is 194 Å². The number of aromatic nitrogens is 6. The van der Waals surface area contributed by atoms with Gasteiger partial charge in [-0.05, 0) is 73.2 Å². The molecule has 4 aliphatic heterocycles. The number of hydrogen-bond donors (Lipinski definition) is 8. The van der Waals surface area contributed by atoms with Crippen LogP contribution in [0.15, 0.2) is 34.1 Å². The van der Waals surface area contributed by atoms with Crippen LogP contribution in [0.2, 0.25) is 5.15 Å². The van der Waals surface area contributed by atoms with Gasteiger partial charge in [-0.15, -0.1) is 12.4 Å². The molecule has 9 N–H and O–H groups in total. The molecule has 0 aromatic carbocycles. The summed E-state index contributed by atoms with van der Waals surface area (Å²) in [6.07, 6.45) is 12.5. The Morgan fingerprint density at radius 3 is 1.47 bits per heavy atom. The van der Waals surface area contributed by atoms with Crippen molar-refractivity contribution in [1.29, 1.82) is 0 Å². The average Bonchev–Trinajstić information content (AvgIpc) is 4.14. The molecule has 4 fully saturated rings. The third kappa shape index (κ3) is 22.0. The van der Waals surface area contributed by atoms with Crippen molar-refractivity contribution in [3.63, 3.8) is 0 Å². The van der Waals surface area contributed by atoms with Crippen molar-refractivity contribution in [2.75, 3.05) is 102 Å². The number of carbonyl (C=O) groups excluding carboxylic acids is 2. The molecule has 4 aliphatic rings. The molecule has 27 heteroatoms. The van der Waals surface area contributed by atoms with Crippen LogP contribution < -0.4 is 16.4 Å². The fourth-order valence-corrected chi connectivity index (χ4v) is 6.97. The number of anilines is 2. The van der Waals surface area contributed by atoms with Gasteiger partial charge >= 0.3 is 11.9 Å². The molecule has 0 spiro atoms. The standard InChI is InChI=1S/C13H19N3O4S.C11H17N3O3S.C8H9ClN2O2S.C5H11NO2.C4H8O.C2H6O.ClH/c1-4-20-11(17)8-5-14-12(21-3)16-10(8)15-9-6-19-7-13(9,2)18;1-11(16)6-17-5-8(11)13-9-7(4-15)3-12-10(14-9)18-2;1-3-13-7(12)5-4-10-8(14-2)11-6(5)9;1-5(7)3-8-2-4(5)6;1-2-4-5-3-1;1-2-3;/h5,9,18H,4,6-7H2,1-3H3,(H,14,15,16);3,8,15-16H,4-6H2,1-2H3,(H,12,13,14);4H,3H2,1-2H3;4,7H,2-3,6H2,1H3;1-4H2;3H,2H2,1H3;1H/t9-,13-;8-,11-;;4-,5-;;;/m11.1.../s1. The van der Waals surface area contributed by atoms with Crippen LogP contribution >= 0.6 is 59.3 Å². The number of aliphatic hydroxyl groups is 5. The molecule has 0 unspecified atom stereocenters. The second kappa shape index (κ2) is 33.7. The summed E-state index contributed by atoms with van der Waals surface area (Å²) in [7, 11) is 0. The van der Waals surface area contributed by atoms with E-state index in [9.17, 15) is 30.0 Å². The van der Waals surface area contributed by atoms with Gasteiger partial charge < -0.3 is 70.3 Å². The number of halogens is 2. The molecule has 4 saturated heterocycles. The molecular formula is C43H71Cl2N9O13S3. The maximum absolute atomic E-state index is 12.0. The van der Waals surface area contributed by atoms with Crippen LogP contribution in [0.5, 0.6) is 0 Å². The first-order chi connectivity index (χ1) is 32.8. The fourth-order valence-electron chi connectivity index (χ4n) is 5.69. The summed E-state index contributed by atoms with van der Waals surface area (Å²) in [6.45, 7) is 15.0. The lowest BCUT2D eigenvalue weighted by Crippen LogP contribution is -2.43. The minimum atomic E-state index is -1.02. The summed E-state index contributed by atoms with van der Waals surface area (Å²) >= 11 is 9.92. The summed E-state index contributed by atoms with van der Waals surface area (Å²) in [5.74, 6) is -0.0902. The zero-order valence-electron chi connectivity index (χ0n) is 41.1. The van der Waals surface area contributed by atoms with E-state index in [0.29, 0.717) is 72.3 Å². The van der Waals surface area contributed by atoms with Crippen molar-refractivity contribution in [3.8, 4) is 0 Å². The number of nitrogens with zero attached hydrogens (tertiary/aromatic N) is 6. The van der Waals surface area contributed by atoms with E-state index in [2.05, 4.69) is 40.5 Å². The van der Waals surface area contributed by atoms with E-state index in [1.54, 1.807) is 47.7 Å². The predicted octanol–water partition coefficient (Wildman–Crippen LogP) is 3.53. The maximum Gasteiger partial charge on any atom is 0.343 e. The monoisotopic (exact) mass is 1090 g/mol. The van der Waals surface area contributed by atoms with Crippen LogP contribution in [0.1, 0.15) is 80.7 Å². The Hall–Kier alpha value is -2.99. The predicted molar refractivity (Wildman–Crippen MR) is 271 cm³/mol. The minimum absolute atomic E-state index is 0. The number of thioether (sulfide) groups is 3. The maximum atomic E-state index is 12.0. The Morgan fingerprint density at radius 1 is 0.700 bits per heavy atom. The Kier molecular flexibility index (Phi) is 31.3. The van der Waals surface area contributed by atoms with Gasteiger partial charge in [0.2, 0.25) is 0 Å². The van der Waals surface area contributed by atoms with Crippen LogP contribution in [0.25, 0.3) is 0 Å². The van der Waals surface area contributed by atoms with Crippen molar-refractivity contribution in [2.45, 2.75) is 111 Å². The molecule has 3 aromatic heterocycles. The molecule has 7 rings (SSSR count). The van der Waals surface area contributed by atoms with Gasteiger partial charge in [0.25, 0.3) is 0 Å². The second-order valence-corrected chi connectivity index (χ2v) is 18.4. The lowest BCUT2D eigenvalue weighted by atomic mass is 10.0.